The molecule has 7 heteroatoms. The SMILES string of the molecule is Cc1c(Oc2cccc(F)c2)cc(N)cc1S(N)(=O)=O. The van der Waals surface area contributed by atoms with Crippen molar-refractivity contribution in [3.63, 3.8) is 0 Å². The van der Waals surface area contributed by atoms with E-state index in [9.17, 15) is 12.8 Å². The van der Waals surface area contributed by atoms with Crippen LogP contribution < -0.4 is 15.6 Å². The average molecular weight is 296 g/mol. The van der Waals surface area contributed by atoms with Crippen LogP contribution in [0.3, 0.4) is 0 Å². The number of ether oxygens (including phenoxy) is 1. The highest BCUT2D eigenvalue weighted by atomic mass is 32.2. The molecule has 2 aromatic rings. The van der Waals surface area contributed by atoms with Crippen LogP contribution in [-0.4, -0.2) is 8.42 Å². The molecule has 0 atom stereocenters. The number of nitrogens with two attached hydrogens (primary N) is 2. The molecular formula is C13H13FN2O3S. The van der Waals surface area contributed by atoms with Crippen LogP contribution >= 0.6 is 0 Å². The third-order valence-corrected chi connectivity index (χ3v) is 3.70. The van der Waals surface area contributed by atoms with Gasteiger partial charge in [0.25, 0.3) is 0 Å². The van der Waals surface area contributed by atoms with Crippen LogP contribution in [0, 0.1) is 12.7 Å². The minimum absolute atomic E-state index is 0.121. The molecule has 0 aliphatic carbocycles. The van der Waals surface area contributed by atoms with E-state index in [-0.39, 0.29) is 22.1 Å². The van der Waals surface area contributed by atoms with E-state index in [4.69, 9.17) is 15.6 Å². The lowest BCUT2D eigenvalue weighted by Gasteiger charge is -2.12. The zero-order chi connectivity index (χ0) is 14.9. The molecule has 0 aliphatic rings. The van der Waals surface area contributed by atoms with Gasteiger partial charge < -0.3 is 10.5 Å². The zero-order valence-electron chi connectivity index (χ0n) is 10.6. The lowest BCUT2D eigenvalue weighted by Crippen LogP contribution is -2.14. The number of rotatable bonds is 3. The summed E-state index contributed by atoms with van der Waals surface area (Å²) in [6.45, 7) is 1.54. The fourth-order valence-electron chi connectivity index (χ4n) is 1.74. The number of halogens is 1. The summed E-state index contributed by atoms with van der Waals surface area (Å²) in [6.07, 6.45) is 0. The lowest BCUT2D eigenvalue weighted by atomic mass is 10.2. The highest BCUT2D eigenvalue weighted by Gasteiger charge is 2.17. The first-order chi connectivity index (χ1) is 9.27. The molecule has 20 heavy (non-hydrogen) atoms. The van der Waals surface area contributed by atoms with Gasteiger partial charge in [0.1, 0.15) is 17.3 Å². The minimum atomic E-state index is -3.91. The van der Waals surface area contributed by atoms with E-state index in [2.05, 4.69) is 0 Å². The summed E-state index contributed by atoms with van der Waals surface area (Å²) in [5.41, 5.74) is 6.13. The van der Waals surface area contributed by atoms with Crippen molar-refractivity contribution in [1.29, 1.82) is 0 Å². The minimum Gasteiger partial charge on any atom is -0.457 e. The highest BCUT2D eigenvalue weighted by Crippen LogP contribution is 2.31. The predicted octanol–water partition coefficient (Wildman–Crippen LogP) is 2.16. The van der Waals surface area contributed by atoms with Gasteiger partial charge in [0.05, 0.1) is 4.90 Å². The molecule has 0 bridgehead atoms. The van der Waals surface area contributed by atoms with Crippen molar-refractivity contribution in [2.75, 3.05) is 5.73 Å². The average Bonchev–Trinajstić information content (AvgIpc) is 2.32. The van der Waals surface area contributed by atoms with Crippen LogP contribution in [0.2, 0.25) is 0 Å². The van der Waals surface area contributed by atoms with E-state index < -0.39 is 15.8 Å². The second-order valence-electron chi connectivity index (χ2n) is 4.25. The number of anilines is 1. The standard InChI is InChI=1S/C13H13FN2O3S/c1-8-12(19-11-4-2-3-9(14)5-11)6-10(15)7-13(8)20(16,17)18/h2-7H,15H2,1H3,(H2,16,17,18). The summed E-state index contributed by atoms with van der Waals surface area (Å²) >= 11 is 0. The van der Waals surface area contributed by atoms with Crippen molar-refractivity contribution in [1.82, 2.24) is 0 Å². The monoisotopic (exact) mass is 296 g/mol. The van der Waals surface area contributed by atoms with Crippen molar-refractivity contribution >= 4 is 15.7 Å². The van der Waals surface area contributed by atoms with Crippen LogP contribution in [0.5, 0.6) is 11.5 Å². The number of sulfonamides is 1. The van der Waals surface area contributed by atoms with E-state index in [0.717, 1.165) is 0 Å². The molecule has 2 rings (SSSR count). The molecule has 0 saturated carbocycles. The fourth-order valence-corrected chi connectivity index (χ4v) is 2.57. The quantitative estimate of drug-likeness (QED) is 0.848. The Bertz CT molecular complexity index is 760. The van der Waals surface area contributed by atoms with E-state index in [1.165, 1.54) is 37.3 Å². The van der Waals surface area contributed by atoms with Crippen molar-refractivity contribution < 1.29 is 17.5 Å². The molecule has 5 nitrogen and oxygen atoms in total. The van der Waals surface area contributed by atoms with Gasteiger partial charge in [-0.3, -0.25) is 0 Å². The molecule has 0 saturated heterocycles. The molecule has 0 spiro atoms. The molecule has 0 amide bonds. The van der Waals surface area contributed by atoms with Crippen molar-refractivity contribution in [3.05, 3.63) is 47.8 Å². The molecule has 0 heterocycles. The maximum Gasteiger partial charge on any atom is 0.238 e. The largest absolute Gasteiger partial charge is 0.457 e. The molecule has 2 aromatic carbocycles. The third-order valence-electron chi connectivity index (χ3n) is 2.67. The van der Waals surface area contributed by atoms with Crippen molar-refractivity contribution in [3.8, 4) is 11.5 Å². The Balaban J connectivity index is 2.50. The Kier molecular flexibility index (Phi) is 3.65. The second kappa shape index (κ2) is 5.10. The van der Waals surface area contributed by atoms with E-state index in [1.54, 1.807) is 6.07 Å². The Labute approximate surface area is 116 Å². The molecule has 0 unspecified atom stereocenters. The van der Waals surface area contributed by atoms with Gasteiger partial charge in [-0.25, -0.2) is 17.9 Å². The lowest BCUT2D eigenvalue weighted by molar-refractivity contribution is 0.471. The summed E-state index contributed by atoms with van der Waals surface area (Å²) in [7, 11) is -3.91. The Morgan fingerprint density at radius 1 is 1.20 bits per heavy atom. The number of primary sulfonamides is 1. The summed E-state index contributed by atoms with van der Waals surface area (Å²) in [6, 6.07) is 8.18. The van der Waals surface area contributed by atoms with Gasteiger partial charge in [0, 0.05) is 23.4 Å². The smallest absolute Gasteiger partial charge is 0.238 e. The summed E-state index contributed by atoms with van der Waals surface area (Å²) in [5, 5.41) is 5.11. The fraction of sp³-hybridized carbons (Fsp3) is 0.0769. The van der Waals surface area contributed by atoms with E-state index >= 15 is 0 Å². The van der Waals surface area contributed by atoms with Gasteiger partial charge in [-0.15, -0.1) is 0 Å². The Hall–Kier alpha value is -2.12. The number of hydrogen-bond acceptors (Lipinski definition) is 4. The molecule has 4 N–H and O–H groups in total. The van der Waals surface area contributed by atoms with Gasteiger partial charge in [-0.05, 0) is 25.1 Å². The van der Waals surface area contributed by atoms with Gasteiger partial charge in [0.2, 0.25) is 10.0 Å². The number of nitrogen functional groups attached to an aromatic ring is 1. The van der Waals surface area contributed by atoms with Crippen LogP contribution in [0.15, 0.2) is 41.3 Å². The van der Waals surface area contributed by atoms with Crippen LogP contribution in [0.1, 0.15) is 5.56 Å². The summed E-state index contributed by atoms with van der Waals surface area (Å²) in [5.74, 6) is -0.0191. The normalized spacial score (nSPS) is 11.3. The van der Waals surface area contributed by atoms with Gasteiger partial charge >= 0.3 is 0 Å². The van der Waals surface area contributed by atoms with Gasteiger partial charge in [-0.1, -0.05) is 6.07 Å². The van der Waals surface area contributed by atoms with Gasteiger partial charge in [-0.2, -0.15) is 0 Å². The van der Waals surface area contributed by atoms with E-state index in [0.29, 0.717) is 5.56 Å². The Morgan fingerprint density at radius 3 is 2.50 bits per heavy atom. The molecule has 106 valence electrons. The van der Waals surface area contributed by atoms with Crippen molar-refractivity contribution in [2.45, 2.75) is 11.8 Å². The maximum absolute atomic E-state index is 13.1. The number of benzene rings is 2. The molecule has 0 radical (unpaired) electrons. The first-order valence-electron chi connectivity index (χ1n) is 5.64. The number of hydrogen-bond donors (Lipinski definition) is 2. The first-order valence-corrected chi connectivity index (χ1v) is 7.18. The summed E-state index contributed by atoms with van der Waals surface area (Å²) in [4.78, 5) is -0.121. The molecule has 0 aromatic heterocycles. The van der Waals surface area contributed by atoms with Gasteiger partial charge in [0.15, 0.2) is 0 Å². The highest BCUT2D eigenvalue weighted by molar-refractivity contribution is 7.89. The van der Waals surface area contributed by atoms with Crippen LogP contribution in [0.4, 0.5) is 10.1 Å². The third kappa shape index (κ3) is 3.06. The van der Waals surface area contributed by atoms with Crippen LogP contribution in [-0.2, 0) is 10.0 Å². The second-order valence-corrected chi connectivity index (χ2v) is 5.78. The topological polar surface area (TPSA) is 95.4 Å². The predicted molar refractivity (Wildman–Crippen MR) is 73.4 cm³/mol. The molecule has 0 aliphatic heterocycles. The zero-order valence-corrected chi connectivity index (χ0v) is 11.4. The summed E-state index contributed by atoms with van der Waals surface area (Å²) < 4.78 is 41.5. The first kappa shape index (κ1) is 14.3. The van der Waals surface area contributed by atoms with Crippen molar-refractivity contribution in [2.24, 2.45) is 5.14 Å². The maximum atomic E-state index is 13.1. The van der Waals surface area contributed by atoms with E-state index in [1.807, 2.05) is 0 Å². The Morgan fingerprint density at radius 2 is 1.90 bits per heavy atom. The van der Waals surface area contributed by atoms with Crippen LogP contribution in [0.25, 0.3) is 0 Å². The molecule has 0 fully saturated rings. The molecular weight excluding hydrogens is 283 g/mol.